The first-order valence-corrected chi connectivity index (χ1v) is 9.72. The van der Waals surface area contributed by atoms with Crippen molar-refractivity contribution in [3.05, 3.63) is 65.3 Å². The highest BCUT2D eigenvalue weighted by Gasteiger charge is 2.26. The van der Waals surface area contributed by atoms with Crippen LogP contribution in [0, 0.1) is 11.8 Å². The van der Waals surface area contributed by atoms with Crippen molar-refractivity contribution in [2.24, 2.45) is 11.8 Å². The summed E-state index contributed by atoms with van der Waals surface area (Å²) in [5, 5.41) is 0. The number of hydrogen-bond donors (Lipinski definition) is 0. The summed E-state index contributed by atoms with van der Waals surface area (Å²) in [6.07, 6.45) is 11.9. The SMILES string of the molecule is CC1=CC(OC(=O)C=Cc2ccccc2)C(C(C)C)CCC(C)=CCC1. The number of esters is 1. The van der Waals surface area contributed by atoms with E-state index < -0.39 is 0 Å². The number of hydrogen-bond acceptors (Lipinski definition) is 2. The molecule has 0 amide bonds. The minimum atomic E-state index is -0.266. The van der Waals surface area contributed by atoms with Gasteiger partial charge in [-0.15, -0.1) is 0 Å². The highest BCUT2D eigenvalue weighted by molar-refractivity contribution is 5.87. The van der Waals surface area contributed by atoms with Gasteiger partial charge in [-0.25, -0.2) is 4.79 Å². The lowest BCUT2D eigenvalue weighted by Gasteiger charge is -2.29. The molecule has 140 valence electrons. The van der Waals surface area contributed by atoms with E-state index in [1.165, 1.54) is 11.1 Å². The molecule has 26 heavy (non-hydrogen) atoms. The first-order valence-electron chi connectivity index (χ1n) is 9.72. The van der Waals surface area contributed by atoms with E-state index >= 15 is 0 Å². The topological polar surface area (TPSA) is 26.3 Å². The number of ether oxygens (including phenoxy) is 1. The molecule has 0 saturated heterocycles. The van der Waals surface area contributed by atoms with E-state index in [0.29, 0.717) is 11.8 Å². The average Bonchev–Trinajstić information content (AvgIpc) is 2.60. The highest BCUT2D eigenvalue weighted by atomic mass is 16.5. The molecule has 2 nitrogen and oxygen atoms in total. The summed E-state index contributed by atoms with van der Waals surface area (Å²) in [5.74, 6) is 0.528. The average molecular weight is 353 g/mol. The van der Waals surface area contributed by atoms with Crippen LogP contribution in [0.5, 0.6) is 0 Å². The van der Waals surface area contributed by atoms with E-state index in [1.807, 2.05) is 36.4 Å². The van der Waals surface area contributed by atoms with Gasteiger partial charge in [0.25, 0.3) is 0 Å². The van der Waals surface area contributed by atoms with E-state index in [-0.39, 0.29) is 12.1 Å². The molecule has 0 radical (unpaired) electrons. The zero-order chi connectivity index (χ0) is 18.9. The summed E-state index contributed by atoms with van der Waals surface area (Å²) in [6, 6.07) is 9.84. The standard InChI is InChI=1S/C24H32O2/c1-18(2)22-15-13-19(3)9-8-10-20(4)17-23(22)26-24(25)16-14-21-11-6-5-7-12-21/h5-7,9,11-12,14,16-18,22-23H,8,10,13,15H2,1-4H3. The molecule has 0 heterocycles. The lowest BCUT2D eigenvalue weighted by molar-refractivity contribution is -0.143. The lowest BCUT2D eigenvalue weighted by atomic mass is 9.83. The van der Waals surface area contributed by atoms with Crippen LogP contribution in [0.15, 0.2) is 59.7 Å². The third-order valence-corrected chi connectivity index (χ3v) is 5.09. The molecule has 0 aromatic heterocycles. The molecule has 0 saturated carbocycles. The Morgan fingerprint density at radius 1 is 1.12 bits per heavy atom. The summed E-state index contributed by atoms with van der Waals surface area (Å²) in [7, 11) is 0. The molecule has 2 heteroatoms. The second-order valence-electron chi connectivity index (χ2n) is 7.69. The largest absolute Gasteiger partial charge is 0.455 e. The number of carbonyl (C=O) groups is 1. The number of allylic oxidation sites excluding steroid dienone is 3. The van der Waals surface area contributed by atoms with Crippen LogP contribution in [-0.2, 0) is 9.53 Å². The fourth-order valence-electron chi connectivity index (χ4n) is 3.43. The zero-order valence-electron chi connectivity index (χ0n) is 16.6. The molecule has 2 rings (SSSR count). The smallest absolute Gasteiger partial charge is 0.331 e. The monoisotopic (exact) mass is 352 g/mol. The fourth-order valence-corrected chi connectivity index (χ4v) is 3.43. The van der Waals surface area contributed by atoms with Crippen LogP contribution in [0.25, 0.3) is 6.08 Å². The summed E-state index contributed by atoms with van der Waals surface area (Å²) in [5.41, 5.74) is 3.74. The second-order valence-corrected chi connectivity index (χ2v) is 7.69. The van der Waals surface area contributed by atoms with Gasteiger partial charge in [0.15, 0.2) is 0 Å². The van der Waals surface area contributed by atoms with Crippen LogP contribution in [-0.4, -0.2) is 12.1 Å². The maximum atomic E-state index is 12.4. The molecule has 1 aromatic carbocycles. The molecule has 0 spiro atoms. The van der Waals surface area contributed by atoms with Crippen LogP contribution in [0.1, 0.15) is 58.9 Å². The molecule has 0 N–H and O–H groups in total. The van der Waals surface area contributed by atoms with Gasteiger partial charge < -0.3 is 4.74 Å². The highest BCUT2D eigenvalue weighted by Crippen LogP contribution is 2.29. The van der Waals surface area contributed by atoms with E-state index in [1.54, 1.807) is 6.08 Å². The van der Waals surface area contributed by atoms with Gasteiger partial charge >= 0.3 is 5.97 Å². The van der Waals surface area contributed by atoms with Gasteiger partial charge in [0.05, 0.1) is 0 Å². The summed E-state index contributed by atoms with van der Waals surface area (Å²) in [4.78, 5) is 12.4. The van der Waals surface area contributed by atoms with E-state index in [9.17, 15) is 4.79 Å². The maximum Gasteiger partial charge on any atom is 0.331 e. The lowest BCUT2D eigenvalue weighted by Crippen LogP contribution is -2.29. The van der Waals surface area contributed by atoms with Crippen LogP contribution in [0.4, 0.5) is 0 Å². The van der Waals surface area contributed by atoms with Crippen molar-refractivity contribution >= 4 is 12.0 Å². The summed E-state index contributed by atoms with van der Waals surface area (Å²) < 4.78 is 5.90. The van der Waals surface area contributed by atoms with Crippen molar-refractivity contribution in [2.75, 3.05) is 0 Å². The molecule has 1 aromatic rings. The molecule has 1 aliphatic rings. The Morgan fingerprint density at radius 2 is 1.85 bits per heavy atom. The third-order valence-electron chi connectivity index (χ3n) is 5.09. The first-order chi connectivity index (χ1) is 12.5. The van der Waals surface area contributed by atoms with Gasteiger partial charge in [0.2, 0.25) is 0 Å². The van der Waals surface area contributed by atoms with Crippen LogP contribution >= 0.6 is 0 Å². The molecule has 0 fully saturated rings. The van der Waals surface area contributed by atoms with Crippen molar-refractivity contribution in [1.29, 1.82) is 0 Å². The van der Waals surface area contributed by atoms with Crippen LogP contribution in [0.2, 0.25) is 0 Å². The summed E-state index contributed by atoms with van der Waals surface area (Å²) in [6.45, 7) is 8.79. The minimum absolute atomic E-state index is 0.158. The van der Waals surface area contributed by atoms with Gasteiger partial charge in [0, 0.05) is 12.0 Å². The maximum absolute atomic E-state index is 12.4. The van der Waals surface area contributed by atoms with E-state index in [0.717, 1.165) is 31.2 Å². The Balaban J connectivity index is 2.14. The van der Waals surface area contributed by atoms with E-state index in [4.69, 9.17) is 4.74 Å². The van der Waals surface area contributed by atoms with Crippen LogP contribution < -0.4 is 0 Å². The van der Waals surface area contributed by atoms with Crippen molar-refractivity contribution in [2.45, 2.75) is 59.5 Å². The quantitative estimate of drug-likeness (QED) is 0.358. The van der Waals surface area contributed by atoms with Gasteiger partial charge in [-0.1, -0.05) is 61.4 Å². The molecule has 2 atom stereocenters. The number of carbonyl (C=O) groups excluding carboxylic acids is 1. The number of benzene rings is 1. The molecule has 0 bridgehead atoms. The Labute approximate surface area is 158 Å². The molecular formula is C24H32O2. The van der Waals surface area contributed by atoms with Crippen molar-refractivity contribution in [1.82, 2.24) is 0 Å². The summed E-state index contributed by atoms with van der Waals surface area (Å²) >= 11 is 0. The fraction of sp³-hybridized carbons (Fsp3) is 0.458. The Morgan fingerprint density at radius 3 is 2.54 bits per heavy atom. The molecule has 0 aliphatic heterocycles. The molecule has 1 aliphatic carbocycles. The Kier molecular flexibility index (Phi) is 7.90. The van der Waals surface area contributed by atoms with Gasteiger partial charge in [0.1, 0.15) is 6.10 Å². The Hall–Kier alpha value is -2.09. The van der Waals surface area contributed by atoms with Crippen molar-refractivity contribution < 1.29 is 9.53 Å². The Bertz CT molecular complexity index is 665. The predicted molar refractivity (Wildman–Crippen MR) is 110 cm³/mol. The second kappa shape index (κ2) is 10.2. The van der Waals surface area contributed by atoms with Gasteiger partial charge in [-0.3, -0.25) is 0 Å². The van der Waals surface area contributed by atoms with Crippen molar-refractivity contribution in [3.8, 4) is 0 Å². The first kappa shape index (κ1) is 20.2. The normalized spacial score (nSPS) is 22.0. The van der Waals surface area contributed by atoms with Crippen molar-refractivity contribution in [3.63, 3.8) is 0 Å². The van der Waals surface area contributed by atoms with Gasteiger partial charge in [-0.05, 0) is 63.2 Å². The molecule has 2 unspecified atom stereocenters. The minimum Gasteiger partial charge on any atom is -0.455 e. The predicted octanol–water partition coefficient (Wildman–Crippen LogP) is 6.35. The third kappa shape index (κ3) is 6.67. The molecular weight excluding hydrogens is 320 g/mol. The zero-order valence-corrected chi connectivity index (χ0v) is 16.6. The van der Waals surface area contributed by atoms with E-state index in [2.05, 4.69) is 39.8 Å². The van der Waals surface area contributed by atoms with Gasteiger partial charge in [-0.2, -0.15) is 0 Å². The number of rotatable bonds is 4. The van der Waals surface area contributed by atoms with Crippen LogP contribution in [0.3, 0.4) is 0 Å².